The molecule has 0 saturated carbocycles. The van der Waals surface area contributed by atoms with E-state index in [9.17, 15) is 0 Å². The van der Waals surface area contributed by atoms with Crippen molar-refractivity contribution in [2.24, 2.45) is 0 Å². The average Bonchev–Trinajstić information content (AvgIpc) is 2.89. The smallest absolute Gasteiger partial charge is 0.104 e. The zero-order valence-corrected chi connectivity index (χ0v) is 9.34. The molecule has 1 rings (SSSR count). The van der Waals surface area contributed by atoms with Crippen LogP contribution in [0.1, 0.15) is 20.8 Å². The Hall–Kier alpha value is 0.137. The lowest BCUT2D eigenvalue weighted by molar-refractivity contribution is 0.243. The normalized spacial score (nSPS) is 29.0. The quantitative estimate of drug-likeness (QED) is 0.527. The molecule has 2 atom stereocenters. The van der Waals surface area contributed by atoms with Crippen molar-refractivity contribution in [1.29, 1.82) is 0 Å². The lowest BCUT2D eigenvalue weighted by Crippen LogP contribution is -2.40. The lowest BCUT2D eigenvalue weighted by Gasteiger charge is -2.25. The van der Waals surface area contributed by atoms with Gasteiger partial charge in [-0.25, -0.2) is 0 Å². The van der Waals surface area contributed by atoms with Crippen molar-refractivity contribution in [1.82, 2.24) is 0 Å². The summed E-state index contributed by atoms with van der Waals surface area (Å²) in [7, 11) is -1.15. The van der Waals surface area contributed by atoms with Gasteiger partial charge in [0.05, 0.1) is 20.4 Å². The summed E-state index contributed by atoms with van der Waals surface area (Å²) >= 11 is 0. The van der Waals surface area contributed by atoms with Crippen LogP contribution in [0.2, 0.25) is 18.1 Å². The molecule has 2 nitrogen and oxygen atoms in total. The second-order valence-corrected chi connectivity index (χ2v) is 9.12. The Bertz CT molecular complexity index is 137. The van der Waals surface area contributed by atoms with Gasteiger partial charge in [0, 0.05) is 0 Å². The predicted octanol–water partition coefficient (Wildman–Crippen LogP) is 1.79. The molecule has 0 spiro atoms. The minimum atomic E-state index is -1.15. The number of epoxide rings is 1. The molecule has 12 heavy (non-hydrogen) atoms. The highest BCUT2D eigenvalue weighted by Gasteiger charge is 2.52. The molecule has 1 N–H and O–H groups in total. The summed E-state index contributed by atoms with van der Waals surface area (Å²) in [5.41, 5.74) is 0.461. The molecular formula is C9H20O2Si. The first kappa shape index (κ1) is 10.2. The summed E-state index contributed by atoms with van der Waals surface area (Å²) in [6.45, 7) is 7.04. The Labute approximate surface area is 75.9 Å². The Balaban J connectivity index is 2.55. The van der Waals surface area contributed by atoms with Gasteiger partial charge in [0.15, 0.2) is 0 Å². The molecule has 0 aromatic rings. The Morgan fingerprint density at radius 1 is 1.17 bits per heavy atom. The standard InChI is InChI=1S/C9H20O2Si/c1-4-12(5-2,6-3)9-8(7-10)11-9/h8-10H,4-7H2,1-3H3/t8-,9-/m0/s1. The highest BCUT2D eigenvalue weighted by Crippen LogP contribution is 2.38. The molecule has 3 heteroatoms. The molecule has 0 radical (unpaired) electrons. The van der Waals surface area contributed by atoms with Gasteiger partial charge in [0.1, 0.15) is 6.10 Å². The second kappa shape index (κ2) is 3.90. The average molecular weight is 188 g/mol. The largest absolute Gasteiger partial charge is 0.394 e. The van der Waals surface area contributed by atoms with Crippen molar-refractivity contribution in [2.45, 2.75) is 50.7 Å². The molecule has 0 unspecified atom stereocenters. The second-order valence-electron chi connectivity index (χ2n) is 3.70. The van der Waals surface area contributed by atoms with E-state index in [1.165, 1.54) is 18.1 Å². The fourth-order valence-corrected chi connectivity index (χ4v) is 6.24. The summed E-state index contributed by atoms with van der Waals surface area (Å²) in [4.78, 5) is 0. The van der Waals surface area contributed by atoms with Gasteiger partial charge in [0.25, 0.3) is 0 Å². The molecule has 0 aliphatic carbocycles. The summed E-state index contributed by atoms with van der Waals surface area (Å²) in [5, 5.41) is 8.92. The van der Waals surface area contributed by atoms with Crippen LogP contribution in [0.25, 0.3) is 0 Å². The summed E-state index contributed by atoms with van der Waals surface area (Å²) < 4.78 is 5.52. The van der Waals surface area contributed by atoms with E-state index in [0.717, 1.165) is 0 Å². The fraction of sp³-hybridized carbons (Fsp3) is 1.00. The van der Waals surface area contributed by atoms with Crippen molar-refractivity contribution in [3.63, 3.8) is 0 Å². The SMILES string of the molecule is CC[Si](CC)(CC)[C@@H]1O[C@H]1CO. The number of aliphatic hydroxyl groups excluding tert-OH is 1. The van der Waals surface area contributed by atoms with Gasteiger partial charge in [0.2, 0.25) is 0 Å². The number of hydrogen-bond acceptors (Lipinski definition) is 2. The van der Waals surface area contributed by atoms with Crippen LogP contribution in [0.15, 0.2) is 0 Å². The highest BCUT2D eigenvalue weighted by atomic mass is 28.3. The third-order valence-corrected chi connectivity index (χ3v) is 9.42. The predicted molar refractivity (Wildman–Crippen MR) is 52.9 cm³/mol. The van der Waals surface area contributed by atoms with Crippen LogP contribution in [0.5, 0.6) is 0 Å². The molecule has 0 aromatic heterocycles. The minimum absolute atomic E-state index is 0.191. The van der Waals surface area contributed by atoms with Crippen molar-refractivity contribution in [3.05, 3.63) is 0 Å². The molecule has 1 saturated heterocycles. The molecule has 1 aliphatic rings. The monoisotopic (exact) mass is 188 g/mol. The van der Waals surface area contributed by atoms with Crippen molar-refractivity contribution >= 4 is 8.07 Å². The Morgan fingerprint density at radius 3 is 1.92 bits per heavy atom. The number of aliphatic hydroxyl groups is 1. The maximum atomic E-state index is 8.92. The zero-order valence-electron chi connectivity index (χ0n) is 8.34. The van der Waals surface area contributed by atoms with E-state index >= 15 is 0 Å². The molecule has 0 aromatic carbocycles. The first-order chi connectivity index (χ1) is 5.74. The lowest BCUT2D eigenvalue weighted by atomic mass is 10.5. The Morgan fingerprint density at radius 2 is 1.67 bits per heavy atom. The van der Waals surface area contributed by atoms with Crippen molar-refractivity contribution in [2.75, 3.05) is 6.61 Å². The number of rotatable bonds is 5. The molecule has 0 amide bonds. The third-order valence-electron chi connectivity index (χ3n) is 3.48. The maximum Gasteiger partial charge on any atom is 0.104 e. The van der Waals surface area contributed by atoms with E-state index < -0.39 is 8.07 Å². The van der Waals surface area contributed by atoms with E-state index in [0.29, 0.717) is 5.73 Å². The van der Waals surface area contributed by atoms with Gasteiger partial charge in [-0.2, -0.15) is 0 Å². The fourth-order valence-electron chi connectivity index (χ4n) is 2.17. The van der Waals surface area contributed by atoms with Crippen LogP contribution in [0.3, 0.4) is 0 Å². The molecule has 1 heterocycles. The van der Waals surface area contributed by atoms with Crippen molar-refractivity contribution in [3.8, 4) is 0 Å². The minimum Gasteiger partial charge on any atom is -0.394 e. The number of ether oxygens (including phenoxy) is 1. The molecule has 0 bridgehead atoms. The van der Waals surface area contributed by atoms with E-state index in [1.54, 1.807) is 0 Å². The van der Waals surface area contributed by atoms with E-state index in [-0.39, 0.29) is 12.7 Å². The summed E-state index contributed by atoms with van der Waals surface area (Å²) in [6, 6.07) is 3.88. The van der Waals surface area contributed by atoms with Gasteiger partial charge in [-0.1, -0.05) is 38.9 Å². The van der Waals surface area contributed by atoms with E-state index in [2.05, 4.69) is 20.8 Å². The maximum absolute atomic E-state index is 8.92. The van der Waals surface area contributed by atoms with Crippen LogP contribution in [0.4, 0.5) is 0 Å². The molecule has 72 valence electrons. The van der Waals surface area contributed by atoms with Gasteiger partial charge in [-0.15, -0.1) is 0 Å². The van der Waals surface area contributed by atoms with Gasteiger partial charge in [-0.05, 0) is 0 Å². The molecule has 1 aliphatic heterocycles. The van der Waals surface area contributed by atoms with Crippen LogP contribution < -0.4 is 0 Å². The van der Waals surface area contributed by atoms with Crippen molar-refractivity contribution < 1.29 is 9.84 Å². The molecular weight excluding hydrogens is 168 g/mol. The van der Waals surface area contributed by atoms with Crippen LogP contribution in [-0.4, -0.2) is 31.6 Å². The van der Waals surface area contributed by atoms with Gasteiger partial charge in [-0.3, -0.25) is 0 Å². The first-order valence-electron chi connectivity index (χ1n) is 5.00. The Kier molecular flexibility index (Phi) is 3.32. The van der Waals surface area contributed by atoms with Crippen LogP contribution in [0, 0.1) is 0 Å². The van der Waals surface area contributed by atoms with Crippen LogP contribution in [-0.2, 0) is 4.74 Å². The van der Waals surface area contributed by atoms with E-state index in [4.69, 9.17) is 9.84 Å². The summed E-state index contributed by atoms with van der Waals surface area (Å²) in [6.07, 6.45) is 0.191. The first-order valence-corrected chi connectivity index (χ1v) is 7.70. The van der Waals surface area contributed by atoms with Crippen LogP contribution >= 0.6 is 0 Å². The van der Waals surface area contributed by atoms with Gasteiger partial charge < -0.3 is 9.84 Å². The highest BCUT2D eigenvalue weighted by molar-refractivity contribution is 6.81. The third kappa shape index (κ3) is 1.58. The van der Waals surface area contributed by atoms with E-state index in [1.807, 2.05) is 0 Å². The number of hydrogen-bond donors (Lipinski definition) is 1. The van der Waals surface area contributed by atoms with Gasteiger partial charge >= 0.3 is 0 Å². The molecule has 1 fully saturated rings. The topological polar surface area (TPSA) is 32.8 Å². The zero-order chi connectivity index (χ0) is 9.19. The summed E-state index contributed by atoms with van der Waals surface area (Å²) in [5.74, 6) is 0.